The molecule has 0 fully saturated rings. The fraction of sp³-hybridized carbons (Fsp3) is 0.538. The number of benzene rings is 1. The van der Waals surface area contributed by atoms with Gasteiger partial charge in [-0.2, -0.15) is 4.39 Å². The first-order valence-corrected chi connectivity index (χ1v) is 6.17. The average molecular weight is 288 g/mol. The minimum atomic E-state index is -1.23. The van der Waals surface area contributed by atoms with Crippen LogP contribution in [0.1, 0.15) is 27.2 Å². The highest BCUT2D eigenvalue weighted by molar-refractivity contribution is 5.62. The van der Waals surface area contributed by atoms with Crippen LogP contribution in [0.25, 0.3) is 0 Å². The Balaban J connectivity index is 3.21. The van der Waals surface area contributed by atoms with Gasteiger partial charge in [-0.25, -0.2) is 4.39 Å². The molecule has 0 aliphatic rings. The molecular formula is C13H18F2N2O3. The number of nitro groups is 1. The first kappa shape index (κ1) is 16.3. The van der Waals surface area contributed by atoms with Crippen LogP contribution in [0.2, 0.25) is 0 Å². The lowest BCUT2D eigenvalue weighted by Crippen LogP contribution is -2.35. The monoisotopic (exact) mass is 288 g/mol. The van der Waals surface area contributed by atoms with Gasteiger partial charge in [0.1, 0.15) is 11.5 Å². The number of hydrogen-bond acceptors (Lipinski definition) is 4. The van der Waals surface area contributed by atoms with Gasteiger partial charge in [0.15, 0.2) is 0 Å². The van der Waals surface area contributed by atoms with Gasteiger partial charge < -0.3 is 10.4 Å². The maximum absolute atomic E-state index is 13.5. The van der Waals surface area contributed by atoms with Crippen molar-refractivity contribution in [3.63, 3.8) is 0 Å². The highest BCUT2D eigenvalue weighted by Gasteiger charge is 2.29. The number of aliphatic hydroxyl groups is 1. The van der Waals surface area contributed by atoms with Gasteiger partial charge >= 0.3 is 5.69 Å². The molecule has 0 bridgehead atoms. The Labute approximate surface area is 115 Å². The van der Waals surface area contributed by atoms with Crippen LogP contribution in [0.3, 0.4) is 0 Å². The van der Waals surface area contributed by atoms with E-state index in [0.29, 0.717) is 12.5 Å². The van der Waals surface area contributed by atoms with E-state index in [9.17, 15) is 18.9 Å². The fourth-order valence-corrected chi connectivity index (χ4v) is 1.90. The van der Waals surface area contributed by atoms with E-state index in [4.69, 9.17) is 5.11 Å². The van der Waals surface area contributed by atoms with Crippen LogP contribution in [0.5, 0.6) is 0 Å². The van der Waals surface area contributed by atoms with Crippen molar-refractivity contribution >= 4 is 11.4 Å². The molecule has 7 heteroatoms. The summed E-state index contributed by atoms with van der Waals surface area (Å²) >= 11 is 0. The zero-order chi connectivity index (χ0) is 15.5. The second-order valence-electron chi connectivity index (χ2n) is 5.62. The van der Waals surface area contributed by atoms with Crippen molar-refractivity contribution in [3.8, 4) is 0 Å². The Morgan fingerprint density at radius 1 is 1.40 bits per heavy atom. The predicted octanol–water partition coefficient (Wildman–Crippen LogP) is 3.08. The number of halogens is 2. The van der Waals surface area contributed by atoms with Gasteiger partial charge in [-0.15, -0.1) is 0 Å². The lowest BCUT2D eigenvalue weighted by Gasteiger charge is -2.31. The molecule has 0 heterocycles. The van der Waals surface area contributed by atoms with Crippen LogP contribution in [-0.2, 0) is 0 Å². The number of rotatable bonds is 5. The third-order valence-corrected chi connectivity index (χ3v) is 3.00. The standard InChI is InChI=1S/C13H18F2N2O3/c1-13(2,3)11(4-5-18)16-10-7-8(14)6-9(15)12(10)17(19)20/h6-7,11,16,18H,4-5H2,1-3H3. The minimum Gasteiger partial charge on any atom is -0.396 e. The van der Waals surface area contributed by atoms with Crippen LogP contribution >= 0.6 is 0 Å². The molecule has 5 nitrogen and oxygen atoms in total. The average Bonchev–Trinajstić information content (AvgIpc) is 2.25. The van der Waals surface area contributed by atoms with Crippen LogP contribution < -0.4 is 5.32 Å². The summed E-state index contributed by atoms with van der Waals surface area (Å²) in [6.07, 6.45) is 0.304. The summed E-state index contributed by atoms with van der Waals surface area (Å²) in [4.78, 5) is 10.0. The number of nitrogens with zero attached hydrogens (tertiary/aromatic N) is 1. The SMILES string of the molecule is CC(C)(C)C(CCO)Nc1cc(F)cc(F)c1[N+](=O)[O-]. The smallest absolute Gasteiger partial charge is 0.327 e. The summed E-state index contributed by atoms with van der Waals surface area (Å²) in [5, 5.41) is 22.7. The van der Waals surface area contributed by atoms with Crippen molar-refractivity contribution in [1.82, 2.24) is 0 Å². The molecule has 0 spiro atoms. The number of nitrogens with one attached hydrogen (secondary N) is 1. The normalized spacial score (nSPS) is 13.1. The van der Waals surface area contributed by atoms with Gasteiger partial charge in [0.25, 0.3) is 0 Å². The van der Waals surface area contributed by atoms with E-state index in [2.05, 4.69) is 5.32 Å². The Bertz CT molecular complexity index is 501. The molecule has 0 radical (unpaired) electrons. The van der Waals surface area contributed by atoms with Crippen LogP contribution in [0, 0.1) is 27.2 Å². The molecule has 112 valence electrons. The first-order valence-electron chi connectivity index (χ1n) is 6.17. The molecule has 1 unspecified atom stereocenters. The molecule has 0 saturated heterocycles. The van der Waals surface area contributed by atoms with Crippen LogP contribution in [0.4, 0.5) is 20.2 Å². The molecule has 1 atom stereocenters. The van der Waals surface area contributed by atoms with Gasteiger partial charge in [0.2, 0.25) is 5.82 Å². The maximum Gasteiger partial charge on any atom is 0.327 e. The van der Waals surface area contributed by atoms with Crippen molar-refractivity contribution in [2.75, 3.05) is 11.9 Å². The Morgan fingerprint density at radius 3 is 2.45 bits per heavy atom. The van der Waals surface area contributed by atoms with Crippen molar-refractivity contribution in [2.45, 2.75) is 33.2 Å². The van der Waals surface area contributed by atoms with Gasteiger partial charge in [0, 0.05) is 24.8 Å². The van der Waals surface area contributed by atoms with E-state index in [1.165, 1.54) is 0 Å². The van der Waals surface area contributed by atoms with E-state index in [1.54, 1.807) is 0 Å². The molecular weight excluding hydrogens is 270 g/mol. The lowest BCUT2D eigenvalue weighted by atomic mass is 9.84. The predicted molar refractivity (Wildman–Crippen MR) is 71.6 cm³/mol. The quantitative estimate of drug-likeness (QED) is 0.645. The number of hydrogen-bond donors (Lipinski definition) is 2. The fourth-order valence-electron chi connectivity index (χ4n) is 1.90. The van der Waals surface area contributed by atoms with E-state index in [1.807, 2.05) is 20.8 Å². The largest absolute Gasteiger partial charge is 0.396 e. The number of aliphatic hydroxyl groups excluding tert-OH is 1. The van der Waals surface area contributed by atoms with E-state index < -0.39 is 22.2 Å². The van der Waals surface area contributed by atoms with Crippen LogP contribution in [0.15, 0.2) is 12.1 Å². The van der Waals surface area contributed by atoms with Gasteiger partial charge in [-0.3, -0.25) is 10.1 Å². The zero-order valence-electron chi connectivity index (χ0n) is 11.6. The molecule has 1 aromatic rings. The van der Waals surface area contributed by atoms with Crippen molar-refractivity contribution in [2.24, 2.45) is 5.41 Å². The summed E-state index contributed by atoms with van der Waals surface area (Å²) in [5.74, 6) is -2.12. The maximum atomic E-state index is 13.5. The summed E-state index contributed by atoms with van der Waals surface area (Å²) in [6, 6.07) is 0.992. The minimum absolute atomic E-state index is 0.138. The Morgan fingerprint density at radius 2 is 2.00 bits per heavy atom. The lowest BCUT2D eigenvalue weighted by molar-refractivity contribution is -0.386. The topological polar surface area (TPSA) is 75.4 Å². The zero-order valence-corrected chi connectivity index (χ0v) is 11.6. The van der Waals surface area contributed by atoms with Crippen molar-refractivity contribution in [3.05, 3.63) is 33.9 Å². The van der Waals surface area contributed by atoms with Gasteiger partial charge in [-0.1, -0.05) is 20.8 Å². The van der Waals surface area contributed by atoms with Gasteiger partial charge in [0.05, 0.1) is 4.92 Å². The number of nitro benzene ring substituents is 1. The molecule has 1 rings (SSSR count). The molecule has 0 aromatic heterocycles. The summed E-state index contributed by atoms with van der Waals surface area (Å²) in [5.41, 5.74) is -1.36. The molecule has 20 heavy (non-hydrogen) atoms. The summed E-state index contributed by atoms with van der Waals surface area (Å²) in [7, 11) is 0. The first-order chi connectivity index (χ1) is 9.16. The van der Waals surface area contributed by atoms with E-state index in [-0.39, 0.29) is 23.8 Å². The van der Waals surface area contributed by atoms with Gasteiger partial charge in [-0.05, 0) is 11.8 Å². The highest BCUT2D eigenvalue weighted by Crippen LogP contribution is 2.33. The molecule has 2 N–H and O–H groups in total. The molecule has 1 aromatic carbocycles. The summed E-state index contributed by atoms with van der Waals surface area (Å²) < 4.78 is 26.8. The second-order valence-corrected chi connectivity index (χ2v) is 5.62. The van der Waals surface area contributed by atoms with Crippen LogP contribution in [-0.4, -0.2) is 22.7 Å². The Kier molecular flexibility index (Phi) is 4.99. The highest BCUT2D eigenvalue weighted by atomic mass is 19.1. The molecule has 0 aliphatic carbocycles. The third-order valence-electron chi connectivity index (χ3n) is 3.00. The Hall–Kier alpha value is -1.76. The molecule has 0 aliphatic heterocycles. The molecule has 0 saturated carbocycles. The molecule has 0 amide bonds. The van der Waals surface area contributed by atoms with E-state index >= 15 is 0 Å². The van der Waals surface area contributed by atoms with Crippen molar-refractivity contribution in [1.29, 1.82) is 0 Å². The van der Waals surface area contributed by atoms with E-state index in [0.717, 1.165) is 6.07 Å². The third kappa shape index (κ3) is 3.86. The second kappa shape index (κ2) is 6.13. The summed E-state index contributed by atoms with van der Waals surface area (Å²) in [6.45, 7) is 5.45. The van der Waals surface area contributed by atoms with Crippen molar-refractivity contribution < 1.29 is 18.8 Å². The number of anilines is 1.